The van der Waals surface area contributed by atoms with Crippen molar-refractivity contribution in [3.05, 3.63) is 30.0 Å². The smallest absolute Gasteiger partial charge is 0.320 e. The van der Waals surface area contributed by atoms with Crippen LogP contribution in [0.15, 0.2) is 24.4 Å². The molecule has 0 fully saturated rings. The summed E-state index contributed by atoms with van der Waals surface area (Å²) in [6.45, 7) is 0. The van der Waals surface area contributed by atoms with E-state index in [4.69, 9.17) is 10.8 Å². The van der Waals surface area contributed by atoms with Crippen LogP contribution in [0.25, 0.3) is 10.9 Å². The third-order valence-corrected chi connectivity index (χ3v) is 2.54. The van der Waals surface area contributed by atoms with Crippen LogP contribution in [0.4, 0.5) is 0 Å². The van der Waals surface area contributed by atoms with Crippen molar-refractivity contribution in [2.45, 2.75) is 12.5 Å². The second-order valence-corrected chi connectivity index (χ2v) is 3.66. The Bertz CT molecular complexity index is 533. The van der Waals surface area contributed by atoms with E-state index in [1.54, 1.807) is 18.3 Å². The van der Waals surface area contributed by atoms with E-state index in [1.807, 2.05) is 6.07 Å². The van der Waals surface area contributed by atoms with Gasteiger partial charge in [0.25, 0.3) is 0 Å². The topological polar surface area (TPSA) is 99.3 Å². The highest BCUT2D eigenvalue weighted by molar-refractivity contribution is 5.88. The van der Waals surface area contributed by atoms with Crippen molar-refractivity contribution < 1.29 is 15.0 Å². The third kappa shape index (κ3) is 1.72. The number of aromatic amines is 1. The number of benzene rings is 1. The average molecular weight is 220 g/mol. The van der Waals surface area contributed by atoms with Gasteiger partial charge in [-0.3, -0.25) is 4.79 Å². The number of aromatic hydroxyl groups is 1. The molecule has 0 saturated heterocycles. The quantitative estimate of drug-likeness (QED) is 0.615. The fourth-order valence-corrected chi connectivity index (χ4v) is 1.69. The monoisotopic (exact) mass is 220 g/mol. The number of nitrogens with one attached hydrogen (secondary N) is 1. The lowest BCUT2D eigenvalue weighted by Gasteiger charge is -2.04. The van der Waals surface area contributed by atoms with Crippen LogP contribution >= 0.6 is 0 Å². The first kappa shape index (κ1) is 10.5. The third-order valence-electron chi connectivity index (χ3n) is 2.54. The number of nitrogens with two attached hydrogens (primary N) is 1. The average Bonchev–Trinajstić information content (AvgIpc) is 2.63. The molecule has 0 bridgehead atoms. The molecule has 0 aliphatic heterocycles. The van der Waals surface area contributed by atoms with E-state index in [-0.39, 0.29) is 12.2 Å². The van der Waals surface area contributed by atoms with Crippen LogP contribution in [0.1, 0.15) is 5.56 Å². The molecule has 5 nitrogen and oxygen atoms in total. The number of carboxylic acid groups (broad SMARTS) is 1. The minimum atomic E-state index is -1.03. The Morgan fingerprint density at radius 3 is 2.94 bits per heavy atom. The molecule has 0 radical (unpaired) electrons. The lowest BCUT2D eigenvalue weighted by molar-refractivity contribution is -0.138. The molecule has 0 saturated carbocycles. The summed E-state index contributed by atoms with van der Waals surface area (Å²) in [5.41, 5.74) is 6.86. The zero-order chi connectivity index (χ0) is 11.7. The van der Waals surface area contributed by atoms with Crippen molar-refractivity contribution in [2.24, 2.45) is 5.73 Å². The summed E-state index contributed by atoms with van der Waals surface area (Å²) in [5, 5.41) is 19.1. The van der Waals surface area contributed by atoms with Gasteiger partial charge in [-0.1, -0.05) is 12.1 Å². The SMILES string of the molecule is N[C@@H](Cc1c[nH]c2c(O)cccc12)C(=O)O. The van der Waals surface area contributed by atoms with Crippen LogP contribution in [0.3, 0.4) is 0 Å². The summed E-state index contributed by atoms with van der Waals surface area (Å²) < 4.78 is 0. The number of para-hydroxylation sites is 1. The van der Waals surface area contributed by atoms with Crippen molar-refractivity contribution in [1.82, 2.24) is 4.98 Å². The summed E-state index contributed by atoms with van der Waals surface area (Å²) >= 11 is 0. The van der Waals surface area contributed by atoms with Gasteiger partial charge in [0.15, 0.2) is 0 Å². The summed E-state index contributed by atoms with van der Waals surface area (Å²) in [7, 11) is 0. The highest BCUT2D eigenvalue weighted by atomic mass is 16.4. The number of aliphatic carboxylic acids is 1. The van der Waals surface area contributed by atoms with Gasteiger partial charge in [-0.15, -0.1) is 0 Å². The molecule has 1 aromatic heterocycles. The van der Waals surface area contributed by atoms with Crippen molar-refractivity contribution in [3.63, 3.8) is 0 Å². The summed E-state index contributed by atoms with van der Waals surface area (Å²) in [4.78, 5) is 13.5. The number of fused-ring (bicyclic) bond motifs is 1. The number of H-pyrrole nitrogens is 1. The first-order valence-corrected chi connectivity index (χ1v) is 4.86. The fourth-order valence-electron chi connectivity index (χ4n) is 1.69. The molecule has 0 aliphatic carbocycles. The predicted molar refractivity (Wildman–Crippen MR) is 59.3 cm³/mol. The molecule has 16 heavy (non-hydrogen) atoms. The van der Waals surface area contributed by atoms with E-state index >= 15 is 0 Å². The van der Waals surface area contributed by atoms with Crippen molar-refractivity contribution in [2.75, 3.05) is 0 Å². The molecule has 84 valence electrons. The second kappa shape index (κ2) is 3.86. The van der Waals surface area contributed by atoms with Crippen LogP contribution < -0.4 is 5.73 Å². The maximum absolute atomic E-state index is 10.6. The normalized spacial score (nSPS) is 12.8. The van der Waals surface area contributed by atoms with Crippen LogP contribution in [0, 0.1) is 0 Å². The number of rotatable bonds is 3. The number of aromatic nitrogens is 1. The first-order valence-electron chi connectivity index (χ1n) is 4.86. The van der Waals surface area contributed by atoms with Gasteiger partial charge in [0, 0.05) is 18.0 Å². The van der Waals surface area contributed by atoms with E-state index in [0.29, 0.717) is 5.52 Å². The fraction of sp³-hybridized carbons (Fsp3) is 0.182. The molecular weight excluding hydrogens is 208 g/mol. The number of hydrogen-bond acceptors (Lipinski definition) is 3. The number of carboxylic acids is 1. The number of hydrogen-bond donors (Lipinski definition) is 4. The zero-order valence-electron chi connectivity index (χ0n) is 8.47. The Morgan fingerprint density at radius 1 is 1.50 bits per heavy atom. The van der Waals surface area contributed by atoms with Gasteiger partial charge in [-0.25, -0.2) is 0 Å². The standard InChI is InChI=1S/C11H12N2O3/c12-8(11(15)16)4-6-5-13-10-7(6)2-1-3-9(10)14/h1-3,5,8,13-14H,4,12H2,(H,15,16)/t8-/m0/s1. The Hall–Kier alpha value is -2.01. The minimum Gasteiger partial charge on any atom is -0.506 e. The summed E-state index contributed by atoms with van der Waals surface area (Å²) in [5.74, 6) is -0.887. The van der Waals surface area contributed by atoms with E-state index in [9.17, 15) is 9.90 Å². The Balaban J connectivity index is 2.39. The number of phenols is 1. The second-order valence-electron chi connectivity index (χ2n) is 3.66. The highest BCUT2D eigenvalue weighted by Crippen LogP contribution is 2.26. The van der Waals surface area contributed by atoms with Gasteiger partial charge in [0.05, 0.1) is 5.52 Å². The zero-order valence-corrected chi connectivity index (χ0v) is 8.47. The van der Waals surface area contributed by atoms with Crippen molar-refractivity contribution >= 4 is 16.9 Å². The lowest BCUT2D eigenvalue weighted by atomic mass is 10.1. The lowest BCUT2D eigenvalue weighted by Crippen LogP contribution is -2.32. The molecular formula is C11H12N2O3. The molecule has 0 amide bonds. The molecule has 5 N–H and O–H groups in total. The summed E-state index contributed by atoms with van der Waals surface area (Å²) in [6, 6.07) is 4.16. The largest absolute Gasteiger partial charge is 0.506 e. The molecule has 0 spiro atoms. The Morgan fingerprint density at radius 2 is 2.25 bits per heavy atom. The van der Waals surface area contributed by atoms with Crippen LogP contribution in [0.5, 0.6) is 5.75 Å². The first-order chi connectivity index (χ1) is 7.59. The molecule has 2 aromatic rings. The van der Waals surface area contributed by atoms with Gasteiger partial charge in [0.1, 0.15) is 11.8 Å². The van der Waals surface area contributed by atoms with Gasteiger partial charge < -0.3 is 20.9 Å². The van der Waals surface area contributed by atoms with E-state index < -0.39 is 12.0 Å². The molecule has 0 aliphatic rings. The van der Waals surface area contributed by atoms with Crippen molar-refractivity contribution in [1.29, 1.82) is 0 Å². The van der Waals surface area contributed by atoms with Crippen LogP contribution in [-0.4, -0.2) is 27.2 Å². The molecule has 1 atom stereocenters. The molecule has 2 rings (SSSR count). The molecule has 0 unspecified atom stereocenters. The van der Waals surface area contributed by atoms with Gasteiger partial charge in [-0.2, -0.15) is 0 Å². The van der Waals surface area contributed by atoms with Crippen molar-refractivity contribution in [3.8, 4) is 5.75 Å². The molecule has 1 aromatic carbocycles. The van der Waals surface area contributed by atoms with E-state index in [0.717, 1.165) is 10.9 Å². The predicted octanol–water partition coefficient (Wildman–Crippen LogP) is 0.828. The maximum Gasteiger partial charge on any atom is 0.320 e. The number of carbonyl (C=O) groups is 1. The molecule has 1 heterocycles. The van der Waals surface area contributed by atoms with E-state index in [2.05, 4.69) is 4.98 Å². The molecule has 5 heteroatoms. The van der Waals surface area contributed by atoms with E-state index in [1.165, 1.54) is 0 Å². The van der Waals surface area contributed by atoms with Crippen LogP contribution in [0.2, 0.25) is 0 Å². The Kier molecular flexibility index (Phi) is 2.54. The maximum atomic E-state index is 10.6. The highest BCUT2D eigenvalue weighted by Gasteiger charge is 2.15. The number of phenolic OH excluding ortho intramolecular Hbond substituents is 1. The van der Waals surface area contributed by atoms with Gasteiger partial charge in [-0.05, 0) is 11.6 Å². The summed E-state index contributed by atoms with van der Waals surface area (Å²) in [6.07, 6.45) is 1.91. The van der Waals surface area contributed by atoms with Gasteiger partial charge >= 0.3 is 5.97 Å². The van der Waals surface area contributed by atoms with Crippen LogP contribution in [-0.2, 0) is 11.2 Å². The van der Waals surface area contributed by atoms with Gasteiger partial charge in [0.2, 0.25) is 0 Å². The minimum absolute atomic E-state index is 0.146. The Labute approximate surface area is 91.5 Å².